The number of aromatic nitrogens is 1. The Labute approximate surface area is 108 Å². The van der Waals surface area contributed by atoms with Gasteiger partial charge in [-0.25, -0.2) is 13.4 Å². The summed E-state index contributed by atoms with van der Waals surface area (Å²) in [5.74, 6) is 0.293. The molecule has 7 heteroatoms. The summed E-state index contributed by atoms with van der Waals surface area (Å²) in [7, 11) is -2.01. The highest BCUT2D eigenvalue weighted by Crippen LogP contribution is 2.18. The number of sulfonamides is 1. The Kier molecular flexibility index (Phi) is 5.06. The third kappa shape index (κ3) is 3.18. The minimum absolute atomic E-state index is 0.140. The van der Waals surface area contributed by atoms with Gasteiger partial charge in [0.05, 0.1) is 6.61 Å². The van der Waals surface area contributed by atoms with Crippen molar-refractivity contribution in [1.82, 2.24) is 9.29 Å². The van der Waals surface area contributed by atoms with Gasteiger partial charge < -0.3 is 10.5 Å². The summed E-state index contributed by atoms with van der Waals surface area (Å²) in [6, 6.07) is 2.70. The van der Waals surface area contributed by atoms with Crippen molar-refractivity contribution in [2.75, 3.05) is 26.0 Å². The molecule has 1 unspecified atom stereocenters. The maximum atomic E-state index is 12.4. The SMILES string of the molecule is CCN(C(C)COC)S(=O)(=O)c1ccc(N)nc1. The number of hydrogen-bond acceptors (Lipinski definition) is 5. The second-order valence-corrected chi connectivity index (χ2v) is 5.82. The molecule has 0 saturated heterocycles. The molecule has 0 aliphatic rings. The van der Waals surface area contributed by atoms with E-state index in [1.165, 1.54) is 22.6 Å². The number of anilines is 1. The summed E-state index contributed by atoms with van der Waals surface area (Å²) >= 11 is 0. The number of likely N-dealkylation sites (N-methyl/N-ethyl adjacent to an activating group) is 1. The highest BCUT2D eigenvalue weighted by atomic mass is 32.2. The Hall–Kier alpha value is -1.18. The van der Waals surface area contributed by atoms with Crippen LogP contribution in [0, 0.1) is 0 Å². The van der Waals surface area contributed by atoms with Crippen LogP contribution in [0.2, 0.25) is 0 Å². The van der Waals surface area contributed by atoms with Crippen LogP contribution in [0.4, 0.5) is 5.82 Å². The van der Waals surface area contributed by atoms with Crippen LogP contribution in [0.15, 0.2) is 23.2 Å². The number of methoxy groups -OCH3 is 1. The first kappa shape index (κ1) is 14.9. The highest BCUT2D eigenvalue weighted by molar-refractivity contribution is 7.89. The van der Waals surface area contributed by atoms with Gasteiger partial charge in [0.15, 0.2) is 0 Å². The summed E-state index contributed by atoms with van der Waals surface area (Å²) in [6.45, 7) is 4.30. The molecule has 0 aliphatic carbocycles. The van der Waals surface area contributed by atoms with Gasteiger partial charge in [-0.05, 0) is 19.1 Å². The van der Waals surface area contributed by atoms with E-state index in [0.29, 0.717) is 19.0 Å². The third-order valence-corrected chi connectivity index (χ3v) is 4.65. The molecule has 2 N–H and O–H groups in total. The van der Waals surface area contributed by atoms with Crippen LogP contribution in [0.3, 0.4) is 0 Å². The fourth-order valence-corrected chi connectivity index (χ4v) is 3.29. The van der Waals surface area contributed by atoms with Gasteiger partial charge in [0, 0.05) is 25.9 Å². The van der Waals surface area contributed by atoms with Gasteiger partial charge in [0.25, 0.3) is 0 Å². The van der Waals surface area contributed by atoms with Gasteiger partial charge in [-0.1, -0.05) is 6.92 Å². The molecule has 0 aromatic carbocycles. The maximum absolute atomic E-state index is 12.4. The average Bonchev–Trinajstić information content (AvgIpc) is 2.30. The molecular formula is C11H19N3O3S. The Morgan fingerprint density at radius 1 is 1.50 bits per heavy atom. The van der Waals surface area contributed by atoms with Crippen molar-refractivity contribution in [3.8, 4) is 0 Å². The zero-order chi connectivity index (χ0) is 13.8. The van der Waals surface area contributed by atoms with E-state index in [1.54, 1.807) is 21.0 Å². The van der Waals surface area contributed by atoms with E-state index in [9.17, 15) is 8.42 Å². The van der Waals surface area contributed by atoms with E-state index < -0.39 is 10.0 Å². The zero-order valence-electron chi connectivity index (χ0n) is 10.8. The molecular weight excluding hydrogens is 254 g/mol. The van der Waals surface area contributed by atoms with Gasteiger partial charge in [-0.15, -0.1) is 0 Å². The molecule has 1 rings (SSSR count). The van der Waals surface area contributed by atoms with Gasteiger partial charge in [0.2, 0.25) is 10.0 Å². The summed E-state index contributed by atoms with van der Waals surface area (Å²) < 4.78 is 31.1. The molecule has 1 heterocycles. The number of nitrogen functional groups attached to an aromatic ring is 1. The van der Waals surface area contributed by atoms with E-state index in [1.807, 2.05) is 0 Å². The minimum Gasteiger partial charge on any atom is -0.384 e. The lowest BCUT2D eigenvalue weighted by molar-refractivity contribution is 0.142. The van der Waals surface area contributed by atoms with Crippen LogP contribution in [0.5, 0.6) is 0 Å². The van der Waals surface area contributed by atoms with Gasteiger partial charge in [0.1, 0.15) is 10.7 Å². The normalized spacial score (nSPS) is 13.8. The van der Waals surface area contributed by atoms with E-state index >= 15 is 0 Å². The lowest BCUT2D eigenvalue weighted by Crippen LogP contribution is -2.40. The molecule has 102 valence electrons. The van der Waals surface area contributed by atoms with E-state index in [-0.39, 0.29) is 10.9 Å². The lowest BCUT2D eigenvalue weighted by atomic mass is 10.4. The standard InChI is InChI=1S/C11H19N3O3S/c1-4-14(9(2)8-17-3)18(15,16)10-5-6-11(12)13-7-10/h5-7,9H,4,8H2,1-3H3,(H2,12,13). The molecule has 1 aromatic heterocycles. The van der Waals surface area contributed by atoms with Crippen LogP contribution in [0.25, 0.3) is 0 Å². The second kappa shape index (κ2) is 6.12. The summed E-state index contributed by atoms with van der Waals surface area (Å²) in [4.78, 5) is 3.95. The van der Waals surface area contributed by atoms with Crippen molar-refractivity contribution < 1.29 is 13.2 Å². The number of nitrogens with zero attached hydrogens (tertiary/aromatic N) is 2. The van der Waals surface area contributed by atoms with Crippen molar-refractivity contribution in [1.29, 1.82) is 0 Å². The topological polar surface area (TPSA) is 85.5 Å². The van der Waals surface area contributed by atoms with E-state index in [4.69, 9.17) is 10.5 Å². The van der Waals surface area contributed by atoms with Crippen molar-refractivity contribution in [2.45, 2.75) is 24.8 Å². The second-order valence-electron chi connectivity index (χ2n) is 3.93. The average molecular weight is 273 g/mol. The van der Waals surface area contributed by atoms with Crippen LogP contribution < -0.4 is 5.73 Å². The lowest BCUT2D eigenvalue weighted by Gasteiger charge is -2.26. The Morgan fingerprint density at radius 3 is 2.61 bits per heavy atom. The molecule has 1 atom stereocenters. The van der Waals surface area contributed by atoms with Crippen LogP contribution in [-0.2, 0) is 14.8 Å². The molecule has 0 aliphatic heterocycles. The number of ether oxygens (including phenoxy) is 1. The molecule has 18 heavy (non-hydrogen) atoms. The van der Waals surface area contributed by atoms with E-state index in [2.05, 4.69) is 4.98 Å². The quantitative estimate of drug-likeness (QED) is 0.825. The summed E-state index contributed by atoms with van der Waals surface area (Å²) in [5.41, 5.74) is 5.45. The Balaban J connectivity index is 3.06. The maximum Gasteiger partial charge on any atom is 0.244 e. The van der Waals surface area contributed by atoms with Gasteiger partial charge >= 0.3 is 0 Å². The summed E-state index contributed by atoms with van der Waals surface area (Å²) in [6.07, 6.45) is 1.27. The predicted octanol–water partition coefficient (Wildman–Crippen LogP) is 0.709. The fourth-order valence-electron chi connectivity index (χ4n) is 1.72. The van der Waals surface area contributed by atoms with Gasteiger partial charge in [-0.2, -0.15) is 4.31 Å². The number of nitrogens with two attached hydrogens (primary N) is 1. The fraction of sp³-hybridized carbons (Fsp3) is 0.545. The van der Waals surface area contributed by atoms with Crippen molar-refractivity contribution in [2.24, 2.45) is 0 Å². The first-order chi connectivity index (χ1) is 8.43. The number of rotatable bonds is 6. The Bertz CT molecular complexity index is 473. The molecule has 0 amide bonds. The van der Waals surface area contributed by atoms with Crippen LogP contribution >= 0.6 is 0 Å². The van der Waals surface area contributed by atoms with Crippen molar-refractivity contribution >= 4 is 15.8 Å². The number of hydrogen-bond donors (Lipinski definition) is 1. The molecule has 0 radical (unpaired) electrons. The van der Waals surface area contributed by atoms with E-state index in [0.717, 1.165) is 0 Å². The smallest absolute Gasteiger partial charge is 0.244 e. The van der Waals surface area contributed by atoms with Gasteiger partial charge in [-0.3, -0.25) is 0 Å². The largest absolute Gasteiger partial charge is 0.384 e. The van der Waals surface area contributed by atoms with Crippen molar-refractivity contribution in [3.63, 3.8) is 0 Å². The molecule has 6 nitrogen and oxygen atoms in total. The van der Waals surface area contributed by atoms with Crippen LogP contribution in [-0.4, -0.2) is 44.0 Å². The molecule has 1 aromatic rings. The monoisotopic (exact) mass is 273 g/mol. The van der Waals surface area contributed by atoms with Crippen LogP contribution in [0.1, 0.15) is 13.8 Å². The zero-order valence-corrected chi connectivity index (χ0v) is 11.6. The highest BCUT2D eigenvalue weighted by Gasteiger charge is 2.27. The molecule has 0 saturated carbocycles. The number of pyridine rings is 1. The Morgan fingerprint density at radius 2 is 2.17 bits per heavy atom. The minimum atomic E-state index is -3.55. The molecule has 0 spiro atoms. The first-order valence-corrected chi connectivity index (χ1v) is 7.09. The predicted molar refractivity (Wildman–Crippen MR) is 69.6 cm³/mol. The first-order valence-electron chi connectivity index (χ1n) is 5.65. The molecule has 0 fully saturated rings. The van der Waals surface area contributed by atoms with Crippen molar-refractivity contribution in [3.05, 3.63) is 18.3 Å². The third-order valence-electron chi connectivity index (χ3n) is 2.58. The summed E-state index contributed by atoms with van der Waals surface area (Å²) in [5, 5.41) is 0. The molecule has 0 bridgehead atoms.